The van der Waals surface area contributed by atoms with E-state index in [0.29, 0.717) is 5.92 Å². The van der Waals surface area contributed by atoms with Gasteiger partial charge in [-0.2, -0.15) is 0 Å². The maximum atomic E-state index is 12.1. The largest absolute Gasteiger partial charge is 0.323 e. The molecule has 1 aliphatic rings. The van der Waals surface area contributed by atoms with E-state index >= 15 is 0 Å². The Balaban J connectivity index is 2.15. The van der Waals surface area contributed by atoms with Crippen LogP contribution in [-0.2, 0) is 4.79 Å². The van der Waals surface area contributed by atoms with Crippen molar-refractivity contribution in [3.63, 3.8) is 0 Å². The number of carbonyl (C=O) groups is 1. The van der Waals surface area contributed by atoms with Gasteiger partial charge in [-0.3, -0.25) is 4.79 Å². The van der Waals surface area contributed by atoms with Crippen molar-refractivity contribution in [3.05, 3.63) is 28.2 Å². The summed E-state index contributed by atoms with van der Waals surface area (Å²) in [5.41, 5.74) is 7.20. The van der Waals surface area contributed by atoms with Crippen LogP contribution in [0.3, 0.4) is 0 Å². The quantitative estimate of drug-likeness (QED) is 0.901. The highest BCUT2D eigenvalue weighted by Crippen LogP contribution is 2.38. The summed E-state index contributed by atoms with van der Waals surface area (Å²) in [6, 6.07) is 5.85. The van der Waals surface area contributed by atoms with Crippen LogP contribution in [0.2, 0.25) is 0 Å². The number of benzene rings is 1. The first-order chi connectivity index (χ1) is 7.91. The van der Waals surface area contributed by atoms with E-state index in [2.05, 4.69) is 21.2 Å². The number of hydrogen-bond donors (Lipinski definition) is 2. The second-order valence-electron chi connectivity index (χ2n) is 4.99. The average molecular weight is 297 g/mol. The summed E-state index contributed by atoms with van der Waals surface area (Å²) in [4.78, 5) is 12.1. The van der Waals surface area contributed by atoms with Gasteiger partial charge in [-0.15, -0.1) is 0 Å². The molecule has 1 unspecified atom stereocenters. The van der Waals surface area contributed by atoms with Crippen LogP contribution >= 0.6 is 15.9 Å². The molecule has 1 aliphatic carbocycles. The zero-order chi connectivity index (χ0) is 12.6. The average Bonchev–Trinajstić information content (AvgIpc) is 3.07. The van der Waals surface area contributed by atoms with Crippen LogP contribution < -0.4 is 11.1 Å². The molecule has 0 saturated heterocycles. The van der Waals surface area contributed by atoms with Crippen molar-refractivity contribution in [2.75, 3.05) is 5.32 Å². The van der Waals surface area contributed by atoms with Crippen LogP contribution in [-0.4, -0.2) is 11.4 Å². The standard InChI is InChI=1S/C13H17BrN2O/c1-8-3-6-10(14)11(7-8)16-12(17)13(2,15)9-4-5-9/h3,6-7,9H,4-5,15H2,1-2H3,(H,16,17). The SMILES string of the molecule is Cc1ccc(Br)c(NC(=O)C(C)(N)C2CC2)c1. The summed E-state index contributed by atoms with van der Waals surface area (Å²) < 4.78 is 0.878. The van der Waals surface area contributed by atoms with Crippen molar-refractivity contribution in [2.45, 2.75) is 32.2 Å². The van der Waals surface area contributed by atoms with Gasteiger partial charge in [0.15, 0.2) is 0 Å². The Morgan fingerprint density at radius 3 is 2.76 bits per heavy atom. The van der Waals surface area contributed by atoms with Gasteiger partial charge in [-0.1, -0.05) is 6.07 Å². The third kappa shape index (κ3) is 2.69. The van der Waals surface area contributed by atoms with Crippen molar-refractivity contribution in [3.8, 4) is 0 Å². The zero-order valence-electron chi connectivity index (χ0n) is 10.1. The number of carbonyl (C=O) groups excluding carboxylic acids is 1. The Kier molecular flexibility index (Phi) is 3.27. The molecular weight excluding hydrogens is 280 g/mol. The van der Waals surface area contributed by atoms with Crippen molar-refractivity contribution in [1.82, 2.24) is 0 Å². The number of hydrogen-bond acceptors (Lipinski definition) is 2. The first kappa shape index (κ1) is 12.6. The third-order valence-electron chi connectivity index (χ3n) is 3.28. The molecule has 0 heterocycles. The summed E-state index contributed by atoms with van der Waals surface area (Å²) in [6.45, 7) is 3.80. The summed E-state index contributed by atoms with van der Waals surface area (Å²) in [7, 11) is 0. The molecule has 1 saturated carbocycles. The van der Waals surface area contributed by atoms with E-state index in [-0.39, 0.29) is 5.91 Å². The highest BCUT2D eigenvalue weighted by atomic mass is 79.9. The van der Waals surface area contributed by atoms with Gasteiger partial charge in [-0.05, 0) is 66.2 Å². The Morgan fingerprint density at radius 1 is 1.53 bits per heavy atom. The van der Waals surface area contributed by atoms with Gasteiger partial charge in [0.05, 0.1) is 11.2 Å². The molecule has 0 aromatic heterocycles. The molecule has 3 nitrogen and oxygen atoms in total. The Hall–Kier alpha value is -0.870. The minimum absolute atomic E-state index is 0.105. The van der Waals surface area contributed by atoms with Crippen LogP contribution in [0.5, 0.6) is 0 Å². The molecule has 1 aromatic rings. The topological polar surface area (TPSA) is 55.1 Å². The molecule has 4 heteroatoms. The molecular formula is C13H17BrN2O. The number of rotatable bonds is 3. The fourth-order valence-electron chi connectivity index (χ4n) is 1.86. The molecule has 0 bridgehead atoms. The lowest BCUT2D eigenvalue weighted by Gasteiger charge is -2.23. The first-order valence-electron chi connectivity index (χ1n) is 5.77. The Labute approximate surface area is 110 Å². The number of nitrogens with one attached hydrogen (secondary N) is 1. The van der Waals surface area contributed by atoms with Crippen molar-refractivity contribution >= 4 is 27.5 Å². The van der Waals surface area contributed by atoms with Gasteiger partial charge in [-0.25, -0.2) is 0 Å². The molecule has 17 heavy (non-hydrogen) atoms. The predicted molar refractivity (Wildman–Crippen MR) is 72.8 cm³/mol. The molecule has 1 fully saturated rings. The summed E-state index contributed by atoms with van der Waals surface area (Å²) >= 11 is 3.42. The van der Waals surface area contributed by atoms with Crippen LogP contribution in [0.15, 0.2) is 22.7 Å². The molecule has 1 atom stereocenters. The minimum Gasteiger partial charge on any atom is -0.323 e. The summed E-state index contributed by atoms with van der Waals surface area (Å²) in [6.07, 6.45) is 2.10. The first-order valence-corrected chi connectivity index (χ1v) is 6.57. The highest BCUT2D eigenvalue weighted by molar-refractivity contribution is 9.10. The molecule has 2 rings (SSSR count). The van der Waals surface area contributed by atoms with E-state index in [1.54, 1.807) is 0 Å². The maximum Gasteiger partial charge on any atom is 0.244 e. The lowest BCUT2D eigenvalue weighted by Crippen LogP contribution is -2.50. The van der Waals surface area contributed by atoms with Gasteiger partial charge in [0.1, 0.15) is 0 Å². The number of nitrogens with two attached hydrogens (primary N) is 1. The smallest absolute Gasteiger partial charge is 0.244 e. The molecule has 1 amide bonds. The van der Waals surface area contributed by atoms with Gasteiger partial charge in [0, 0.05) is 4.47 Å². The van der Waals surface area contributed by atoms with Crippen LogP contribution in [0.4, 0.5) is 5.69 Å². The lowest BCUT2D eigenvalue weighted by molar-refractivity contribution is -0.121. The van der Waals surface area contributed by atoms with Gasteiger partial charge < -0.3 is 11.1 Å². The second kappa shape index (κ2) is 4.42. The molecule has 3 N–H and O–H groups in total. The minimum atomic E-state index is -0.761. The van der Waals surface area contributed by atoms with E-state index in [1.807, 2.05) is 32.0 Å². The number of amides is 1. The van der Waals surface area contributed by atoms with E-state index in [0.717, 1.165) is 28.6 Å². The Bertz CT molecular complexity index is 453. The van der Waals surface area contributed by atoms with Crippen LogP contribution in [0, 0.1) is 12.8 Å². The van der Waals surface area contributed by atoms with Crippen molar-refractivity contribution in [1.29, 1.82) is 0 Å². The monoisotopic (exact) mass is 296 g/mol. The van der Waals surface area contributed by atoms with E-state index < -0.39 is 5.54 Å². The fourth-order valence-corrected chi connectivity index (χ4v) is 2.21. The van der Waals surface area contributed by atoms with E-state index in [9.17, 15) is 4.79 Å². The zero-order valence-corrected chi connectivity index (χ0v) is 11.7. The summed E-state index contributed by atoms with van der Waals surface area (Å²) in [5.74, 6) is 0.220. The van der Waals surface area contributed by atoms with Crippen LogP contribution in [0.25, 0.3) is 0 Å². The maximum absolute atomic E-state index is 12.1. The molecule has 0 aliphatic heterocycles. The van der Waals surface area contributed by atoms with E-state index in [1.165, 1.54) is 0 Å². The van der Waals surface area contributed by atoms with Gasteiger partial charge in [0.25, 0.3) is 0 Å². The number of halogens is 1. The molecule has 0 spiro atoms. The highest BCUT2D eigenvalue weighted by Gasteiger charge is 2.44. The number of aryl methyl sites for hydroxylation is 1. The molecule has 92 valence electrons. The fraction of sp³-hybridized carbons (Fsp3) is 0.462. The molecule has 1 aromatic carbocycles. The van der Waals surface area contributed by atoms with Crippen LogP contribution in [0.1, 0.15) is 25.3 Å². The molecule has 0 radical (unpaired) electrons. The van der Waals surface area contributed by atoms with Gasteiger partial charge >= 0.3 is 0 Å². The Morgan fingerprint density at radius 2 is 2.18 bits per heavy atom. The van der Waals surface area contributed by atoms with Crippen molar-refractivity contribution in [2.24, 2.45) is 11.7 Å². The second-order valence-corrected chi connectivity index (χ2v) is 5.85. The van der Waals surface area contributed by atoms with Gasteiger partial charge in [0.2, 0.25) is 5.91 Å². The lowest BCUT2D eigenvalue weighted by atomic mass is 9.96. The predicted octanol–water partition coefficient (Wildman–Crippen LogP) is 2.82. The normalized spacial score (nSPS) is 18.6. The third-order valence-corrected chi connectivity index (χ3v) is 3.98. The summed E-state index contributed by atoms with van der Waals surface area (Å²) in [5, 5.41) is 2.90. The van der Waals surface area contributed by atoms with Crippen molar-refractivity contribution < 1.29 is 4.79 Å². The van der Waals surface area contributed by atoms with E-state index in [4.69, 9.17) is 5.73 Å². The number of anilines is 1.